The Morgan fingerprint density at radius 1 is 1.14 bits per heavy atom. The van der Waals surface area contributed by atoms with Crippen LogP contribution in [0.2, 0.25) is 0 Å². The lowest BCUT2D eigenvalue weighted by Crippen LogP contribution is -2.35. The molecule has 2 aromatic carbocycles. The van der Waals surface area contributed by atoms with Gasteiger partial charge in [0.05, 0.1) is 13.2 Å². The monoisotopic (exact) mass is 393 g/mol. The molecular weight excluding hydrogens is 362 g/mol. The first kappa shape index (κ1) is 21.2. The van der Waals surface area contributed by atoms with Gasteiger partial charge < -0.3 is 15.0 Å². The van der Waals surface area contributed by atoms with E-state index in [2.05, 4.69) is 27.2 Å². The van der Waals surface area contributed by atoms with Gasteiger partial charge in [0, 0.05) is 44.0 Å². The average molecular weight is 394 g/mol. The van der Waals surface area contributed by atoms with E-state index in [9.17, 15) is 4.79 Å². The number of likely N-dealkylation sites (N-methyl/N-ethyl adjacent to an activating group) is 1. The summed E-state index contributed by atoms with van der Waals surface area (Å²) in [6, 6.07) is 16.0. The molecule has 0 bridgehead atoms. The Balaban J connectivity index is 1.55. The molecule has 0 radical (unpaired) electrons. The lowest BCUT2D eigenvalue weighted by molar-refractivity contribution is 0.0342. The molecule has 0 unspecified atom stereocenters. The zero-order chi connectivity index (χ0) is 20.5. The predicted molar refractivity (Wildman–Crippen MR) is 119 cm³/mol. The van der Waals surface area contributed by atoms with Crippen molar-refractivity contribution in [3.8, 4) is 0 Å². The Labute approximate surface area is 174 Å². The minimum atomic E-state index is 0.0171. The summed E-state index contributed by atoms with van der Waals surface area (Å²) in [4.78, 5) is 17.0. The summed E-state index contributed by atoms with van der Waals surface area (Å²) < 4.78 is 5.41. The normalized spacial score (nSPS) is 15.1. The van der Waals surface area contributed by atoms with Gasteiger partial charge in [-0.2, -0.15) is 0 Å². The molecule has 5 heteroatoms. The second kappa shape index (κ2) is 10.9. The highest BCUT2D eigenvalue weighted by molar-refractivity contribution is 6.06. The minimum absolute atomic E-state index is 0.0171. The maximum atomic E-state index is 12.5. The second-order valence-corrected chi connectivity index (χ2v) is 7.64. The molecule has 5 nitrogen and oxygen atoms in total. The zero-order valence-electron chi connectivity index (χ0n) is 17.4. The smallest absolute Gasteiger partial charge is 0.185 e. The average Bonchev–Trinajstić information content (AvgIpc) is 2.73. The molecule has 154 valence electrons. The lowest BCUT2D eigenvalue weighted by atomic mass is 10.1. The van der Waals surface area contributed by atoms with Crippen LogP contribution >= 0.6 is 0 Å². The van der Waals surface area contributed by atoms with Crippen molar-refractivity contribution >= 4 is 17.5 Å². The molecular formula is C24H31N3O2. The molecule has 1 aliphatic rings. The number of anilines is 1. The van der Waals surface area contributed by atoms with Crippen LogP contribution in [0.4, 0.5) is 5.69 Å². The van der Waals surface area contributed by atoms with Gasteiger partial charge in [0.1, 0.15) is 0 Å². The Morgan fingerprint density at radius 3 is 2.62 bits per heavy atom. The van der Waals surface area contributed by atoms with Crippen molar-refractivity contribution in [1.82, 2.24) is 9.80 Å². The number of hydrogen-bond donors (Lipinski definition) is 1. The van der Waals surface area contributed by atoms with E-state index in [-0.39, 0.29) is 5.78 Å². The van der Waals surface area contributed by atoms with Gasteiger partial charge in [0.25, 0.3) is 0 Å². The van der Waals surface area contributed by atoms with Crippen LogP contribution < -0.4 is 5.32 Å². The van der Waals surface area contributed by atoms with Crippen molar-refractivity contribution < 1.29 is 9.53 Å². The maximum Gasteiger partial charge on any atom is 0.185 e. The number of nitrogens with zero attached hydrogens (tertiary/aromatic N) is 2. The largest absolute Gasteiger partial charge is 0.384 e. The van der Waals surface area contributed by atoms with Crippen LogP contribution in [0.5, 0.6) is 0 Å². The number of morpholine rings is 1. The number of ketones is 1. The molecule has 0 atom stereocenters. The summed E-state index contributed by atoms with van der Waals surface area (Å²) >= 11 is 0. The standard InChI is InChI=1S/C24H31N3O2/c1-26(2)13-12-25-23-9-7-22(8-10-23)24(28)11-6-20-4-3-5-21(18-20)19-27-14-16-29-17-15-27/h3-11,18,25H,12-17,19H2,1-2H3/b11-6+. The van der Waals surface area contributed by atoms with E-state index in [1.807, 2.05) is 56.6 Å². The molecule has 2 aromatic rings. The quantitative estimate of drug-likeness (QED) is 0.523. The van der Waals surface area contributed by atoms with Gasteiger partial charge >= 0.3 is 0 Å². The van der Waals surface area contributed by atoms with Gasteiger partial charge in [0.15, 0.2) is 5.78 Å². The highest BCUT2D eigenvalue weighted by Crippen LogP contribution is 2.13. The summed E-state index contributed by atoms with van der Waals surface area (Å²) in [6.45, 7) is 6.31. The molecule has 0 spiro atoms. The van der Waals surface area contributed by atoms with Gasteiger partial charge in [-0.1, -0.05) is 30.3 Å². The molecule has 1 aliphatic heterocycles. The number of rotatable bonds is 9. The number of carbonyl (C=O) groups excluding carboxylic acids is 1. The molecule has 1 N–H and O–H groups in total. The first-order chi connectivity index (χ1) is 14.1. The first-order valence-corrected chi connectivity index (χ1v) is 10.2. The van der Waals surface area contributed by atoms with Crippen LogP contribution in [-0.2, 0) is 11.3 Å². The van der Waals surface area contributed by atoms with E-state index in [1.54, 1.807) is 6.08 Å². The number of hydrogen-bond acceptors (Lipinski definition) is 5. The van der Waals surface area contributed by atoms with Crippen LogP contribution in [0, 0.1) is 0 Å². The summed E-state index contributed by atoms with van der Waals surface area (Å²) in [6.07, 6.45) is 3.55. The molecule has 1 heterocycles. The van der Waals surface area contributed by atoms with E-state index < -0.39 is 0 Å². The summed E-state index contributed by atoms with van der Waals surface area (Å²) in [5.74, 6) is 0.0171. The fraction of sp³-hybridized carbons (Fsp3) is 0.375. The highest BCUT2D eigenvalue weighted by atomic mass is 16.5. The molecule has 0 saturated carbocycles. The number of benzene rings is 2. The summed E-state index contributed by atoms with van der Waals surface area (Å²) in [5, 5.41) is 3.36. The van der Waals surface area contributed by atoms with Crippen molar-refractivity contribution in [3.63, 3.8) is 0 Å². The number of carbonyl (C=O) groups is 1. The highest BCUT2D eigenvalue weighted by Gasteiger charge is 2.10. The number of nitrogens with one attached hydrogen (secondary N) is 1. The third kappa shape index (κ3) is 7.13. The van der Waals surface area contributed by atoms with Gasteiger partial charge in [-0.15, -0.1) is 0 Å². The van der Waals surface area contributed by atoms with Gasteiger partial charge in [-0.3, -0.25) is 9.69 Å². The van der Waals surface area contributed by atoms with Gasteiger partial charge in [0.2, 0.25) is 0 Å². The Kier molecular flexibility index (Phi) is 7.99. The predicted octanol–water partition coefficient (Wildman–Crippen LogP) is 3.39. The molecule has 1 fully saturated rings. The molecule has 0 amide bonds. The number of allylic oxidation sites excluding steroid dienone is 1. The van der Waals surface area contributed by atoms with Crippen molar-refractivity contribution in [2.75, 3.05) is 58.8 Å². The minimum Gasteiger partial charge on any atom is -0.384 e. The Hall–Kier alpha value is -2.47. The van der Waals surface area contributed by atoms with Crippen LogP contribution in [0.15, 0.2) is 54.6 Å². The Bertz CT molecular complexity index is 809. The molecule has 29 heavy (non-hydrogen) atoms. The molecule has 0 aromatic heterocycles. The van der Waals surface area contributed by atoms with E-state index in [0.29, 0.717) is 5.56 Å². The molecule has 0 aliphatic carbocycles. The molecule has 1 saturated heterocycles. The van der Waals surface area contributed by atoms with Gasteiger partial charge in [-0.25, -0.2) is 0 Å². The third-order valence-corrected chi connectivity index (χ3v) is 4.95. The summed E-state index contributed by atoms with van der Waals surface area (Å²) in [7, 11) is 4.10. The number of ether oxygens (including phenoxy) is 1. The maximum absolute atomic E-state index is 12.5. The van der Waals surface area contributed by atoms with Crippen LogP contribution in [0.25, 0.3) is 6.08 Å². The van der Waals surface area contributed by atoms with Gasteiger partial charge in [-0.05, 0) is 55.6 Å². The third-order valence-electron chi connectivity index (χ3n) is 4.95. The van der Waals surface area contributed by atoms with E-state index >= 15 is 0 Å². The molecule has 3 rings (SSSR count). The Morgan fingerprint density at radius 2 is 1.90 bits per heavy atom. The zero-order valence-corrected chi connectivity index (χ0v) is 17.4. The lowest BCUT2D eigenvalue weighted by Gasteiger charge is -2.26. The second-order valence-electron chi connectivity index (χ2n) is 7.64. The topological polar surface area (TPSA) is 44.8 Å². The van der Waals surface area contributed by atoms with Crippen molar-refractivity contribution in [3.05, 3.63) is 71.3 Å². The fourth-order valence-corrected chi connectivity index (χ4v) is 3.26. The van der Waals surface area contributed by atoms with E-state index in [1.165, 1.54) is 5.56 Å². The van der Waals surface area contributed by atoms with Crippen molar-refractivity contribution in [2.24, 2.45) is 0 Å². The van der Waals surface area contributed by atoms with Crippen LogP contribution in [0.1, 0.15) is 21.5 Å². The van der Waals surface area contributed by atoms with Crippen LogP contribution in [0.3, 0.4) is 0 Å². The van der Waals surface area contributed by atoms with Crippen molar-refractivity contribution in [1.29, 1.82) is 0 Å². The fourth-order valence-electron chi connectivity index (χ4n) is 3.26. The van der Waals surface area contributed by atoms with Crippen LogP contribution in [-0.4, -0.2) is 69.1 Å². The summed E-state index contributed by atoms with van der Waals surface area (Å²) in [5.41, 5.74) is 4.04. The van der Waals surface area contributed by atoms with Crippen molar-refractivity contribution in [2.45, 2.75) is 6.54 Å². The van der Waals surface area contributed by atoms with E-state index in [0.717, 1.165) is 57.2 Å². The first-order valence-electron chi connectivity index (χ1n) is 10.2. The van der Waals surface area contributed by atoms with E-state index in [4.69, 9.17) is 4.74 Å². The SMILES string of the molecule is CN(C)CCNc1ccc(C(=O)/C=C/c2cccc(CN3CCOCC3)c2)cc1.